The lowest BCUT2D eigenvalue weighted by Crippen LogP contribution is -2.23. The third-order valence-corrected chi connectivity index (χ3v) is 3.69. The van der Waals surface area contributed by atoms with E-state index in [2.05, 4.69) is 15.0 Å². The minimum atomic E-state index is -0.221. The van der Waals surface area contributed by atoms with E-state index in [0.29, 0.717) is 24.1 Å². The predicted octanol–water partition coefficient (Wildman–Crippen LogP) is 1.92. The first kappa shape index (κ1) is 16.0. The number of benzene rings is 1. The summed E-state index contributed by atoms with van der Waals surface area (Å²) in [7, 11) is 0. The summed E-state index contributed by atoms with van der Waals surface area (Å²) in [6.45, 7) is 2.08. The molecule has 0 bridgehead atoms. The second kappa shape index (κ2) is 7.14. The largest absolute Gasteiger partial charge is 0.396 e. The lowest BCUT2D eigenvalue weighted by Gasteiger charge is -2.11. The van der Waals surface area contributed by atoms with Gasteiger partial charge < -0.3 is 5.11 Å². The Labute approximate surface area is 139 Å². The van der Waals surface area contributed by atoms with Gasteiger partial charge in [0.15, 0.2) is 0 Å². The number of aliphatic hydroxyl groups excluding tert-OH is 1. The van der Waals surface area contributed by atoms with E-state index in [1.165, 1.54) is 6.33 Å². The van der Waals surface area contributed by atoms with Gasteiger partial charge in [-0.1, -0.05) is 17.7 Å². The number of hydrogen-bond donors (Lipinski definition) is 1. The zero-order valence-corrected chi connectivity index (χ0v) is 13.4. The highest BCUT2D eigenvalue weighted by molar-refractivity contribution is 5.56. The third kappa shape index (κ3) is 3.38. The van der Waals surface area contributed by atoms with E-state index >= 15 is 0 Å². The van der Waals surface area contributed by atoms with Crippen LogP contribution >= 0.6 is 0 Å². The Hall–Kier alpha value is -2.86. The van der Waals surface area contributed by atoms with Gasteiger partial charge in [0.2, 0.25) is 0 Å². The Kier molecular flexibility index (Phi) is 4.77. The van der Waals surface area contributed by atoms with Gasteiger partial charge in [0, 0.05) is 36.4 Å². The standard InChI is InChI=1S/C18H18N4O2/c1-13-4-6-16(7-5-13)22-11-15(3-2-8-23)21-17(18(22)24)14-9-19-12-20-10-14/h4-7,9-12,23H,2-3,8H2,1H3. The Bertz CT molecular complexity index is 874. The molecule has 0 fully saturated rings. The van der Waals surface area contributed by atoms with E-state index in [9.17, 15) is 4.79 Å². The first-order valence-corrected chi connectivity index (χ1v) is 7.75. The van der Waals surface area contributed by atoms with Crippen molar-refractivity contribution >= 4 is 0 Å². The van der Waals surface area contributed by atoms with Crippen LogP contribution < -0.4 is 5.56 Å². The van der Waals surface area contributed by atoms with Crippen molar-refractivity contribution in [1.29, 1.82) is 0 Å². The maximum absolute atomic E-state index is 12.9. The van der Waals surface area contributed by atoms with Crippen LogP contribution in [0.25, 0.3) is 16.9 Å². The molecular formula is C18H18N4O2. The summed E-state index contributed by atoms with van der Waals surface area (Å²) in [5.41, 5.74) is 3.31. The monoisotopic (exact) mass is 322 g/mol. The number of hydrogen-bond acceptors (Lipinski definition) is 5. The van der Waals surface area contributed by atoms with Crippen molar-refractivity contribution in [3.05, 3.63) is 70.8 Å². The molecule has 0 amide bonds. The lowest BCUT2D eigenvalue weighted by atomic mass is 10.2. The SMILES string of the molecule is Cc1ccc(-n2cc(CCCO)nc(-c3cncnc3)c2=O)cc1. The zero-order chi connectivity index (χ0) is 16.9. The minimum Gasteiger partial charge on any atom is -0.396 e. The molecule has 0 aliphatic rings. The van der Waals surface area contributed by atoms with Gasteiger partial charge in [-0.3, -0.25) is 9.36 Å². The molecule has 0 aliphatic heterocycles. The highest BCUT2D eigenvalue weighted by Crippen LogP contribution is 2.14. The van der Waals surface area contributed by atoms with Crippen molar-refractivity contribution in [1.82, 2.24) is 19.5 Å². The molecule has 0 spiro atoms. The fourth-order valence-corrected chi connectivity index (χ4v) is 2.43. The van der Waals surface area contributed by atoms with Crippen LogP contribution in [0.15, 0.2) is 54.0 Å². The number of aliphatic hydroxyl groups is 1. The summed E-state index contributed by atoms with van der Waals surface area (Å²) in [6.07, 6.45) is 7.47. The summed E-state index contributed by atoms with van der Waals surface area (Å²) < 4.78 is 1.58. The van der Waals surface area contributed by atoms with E-state index < -0.39 is 0 Å². The molecule has 0 radical (unpaired) electrons. The average Bonchev–Trinajstić information content (AvgIpc) is 2.62. The first-order chi connectivity index (χ1) is 11.7. The van der Waals surface area contributed by atoms with E-state index in [-0.39, 0.29) is 12.2 Å². The average molecular weight is 322 g/mol. The van der Waals surface area contributed by atoms with Crippen LogP contribution in [0, 0.1) is 6.92 Å². The Balaban J connectivity index is 2.17. The van der Waals surface area contributed by atoms with Gasteiger partial charge in [-0.05, 0) is 31.9 Å². The summed E-state index contributed by atoms with van der Waals surface area (Å²) in [5, 5.41) is 9.07. The van der Waals surface area contributed by atoms with Gasteiger partial charge in [-0.25, -0.2) is 15.0 Å². The molecule has 6 nitrogen and oxygen atoms in total. The quantitative estimate of drug-likeness (QED) is 0.776. The van der Waals surface area contributed by atoms with E-state index in [1.807, 2.05) is 31.2 Å². The Morgan fingerprint density at radius 1 is 1.12 bits per heavy atom. The zero-order valence-electron chi connectivity index (χ0n) is 13.4. The molecular weight excluding hydrogens is 304 g/mol. The van der Waals surface area contributed by atoms with Crippen LogP contribution in [-0.2, 0) is 6.42 Å². The van der Waals surface area contributed by atoms with Crippen LogP contribution in [0.3, 0.4) is 0 Å². The second-order valence-corrected chi connectivity index (χ2v) is 5.55. The highest BCUT2D eigenvalue weighted by Gasteiger charge is 2.12. The molecule has 0 saturated heterocycles. The Morgan fingerprint density at radius 2 is 1.83 bits per heavy atom. The van der Waals surface area contributed by atoms with Crippen molar-refractivity contribution in [3.8, 4) is 16.9 Å². The van der Waals surface area contributed by atoms with E-state index in [4.69, 9.17) is 5.11 Å². The Morgan fingerprint density at radius 3 is 2.50 bits per heavy atom. The van der Waals surface area contributed by atoms with Gasteiger partial charge in [-0.2, -0.15) is 0 Å². The summed E-state index contributed by atoms with van der Waals surface area (Å²) >= 11 is 0. The molecule has 0 saturated carbocycles. The van der Waals surface area contributed by atoms with Crippen molar-refractivity contribution < 1.29 is 5.11 Å². The smallest absolute Gasteiger partial charge is 0.281 e. The molecule has 0 unspecified atom stereocenters. The fourth-order valence-electron chi connectivity index (χ4n) is 2.43. The van der Waals surface area contributed by atoms with Crippen LogP contribution in [0.2, 0.25) is 0 Å². The van der Waals surface area contributed by atoms with Gasteiger partial charge in [-0.15, -0.1) is 0 Å². The van der Waals surface area contributed by atoms with Crippen LogP contribution in [0.5, 0.6) is 0 Å². The maximum Gasteiger partial charge on any atom is 0.281 e. The maximum atomic E-state index is 12.9. The van der Waals surface area contributed by atoms with Crippen molar-refractivity contribution in [3.63, 3.8) is 0 Å². The third-order valence-electron chi connectivity index (χ3n) is 3.69. The molecule has 2 aromatic heterocycles. The van der Waals surface area contributed by atoms with Crippen molar-refractivity contribution in [2.75, 3.05) is 6.61 Å². The number of nitrogens with zero attached hydrogens (tertiary/aromatic N) is 4. The summed E-state index contributed by atoms with van der Waals surface area (Å²) in [4.78, 5) is 25.3. The molecule has 122 valence electrons. The normalized spacial score (nSPS) is 10.8. The minimum absolute atomic E-state index is 0.0785. The van der Waals surface area contributed by atoms with E-state index in [1.54, 1.807) is 23.2 Å². The number of aryl methyl sites for hydroxylation is 2. The molecule has 1 N–H and O–H groups in total. The van der Waals surface area contributed by atoms with Gasteiger partial charge >= 0.3 is 0 Å². The molecule has 0 aliphatic carbocycles. The van der Waals surface area contributed by atoms with Crippen LogP contribution in [-0.4, -0.2) is 31.2 Å². The van der Waals surface area contributed by atoms with E-state index in [0.717, 1.165) is 16.9 Å². The van der Waals surface area contributed by atoms with Gasteiger partial charge in [0.05, 0.1) is 5.69 Å². The second-order valence-electron chi connectivity index (χ2n) is 5.55. The molecule has 24 heavy (non-hydrogen) atoms. The first-order valence-electron chi connectivity index (χ1n) is 7.75. The van der Waals surface area contributed by atoms with Gasteiger partial charge in [0.25, 0.3) is 5.56 Å². The number of rotatable bonds is 5. The molecule has 0 atom stereocenters. The predicted molar refractivity (Wildman–Crippen MR) is 91.0 cm³/mol. The summed E-state index contributed by atoms with van der Waals surface area (Å²) in [6, 6.07) is 7.72. The van der Waals surface area contributed by atoms with Crippen LogP contribution in [0.4, 0.5) is 0 Å². The highest BCUT2D eigenvalue weighted by atomic mass is 16.2. The fraction of sp³-hybridized carbons (Fsp3) is 0.222. The lowest BCUT2D eigenvalue weighted by molar-refractivity contribution is 0.288. The molecule has 3 rings (SSSR count). The van der Waals surface area contributed by atoms with Gasteiger partial charge in [0.1, 0.15) is 12.0 Å². The van der Waals surface area contributed by atoms with Crippen molar-refractivity contribution in [2.24, 2.45) is 0 Å². The van der Waals surface area contributed by atoms with Crippen LogP contribution in [0.1, 0.15) is 17.7 Å². The summed E-state index contributed by atoms with van der Waals surface area (Å²) in [5.74, 6) is 0. The molecule has 1 aromatic carbocycles. The molecule has 3 aromatic rings. The number of aromatic nitrogens is 4. The molecule has 6 heteroatoms. The topological polar surface area (TPSA) is 80.9 Å². The van der Waals surface area contributed by atoms with Crippen molar-refractivity contribution in [2.45, 2.75) is 19.8 Å². The molecule has 2 heterocycles.